The first-order valence-electron chi connectivity index (χ1n) is 11.4. The number of hydrogen-bond acceptors (Lipinski definition) is 6. The smallest absolute Gasteiger partial charge is 0.416 e. The number of rotatable bonds is 5. The number of allylic oxidation sites excluding steroid dienone is 1. The quantitative estimate of drug-likeness (QED) is 0.472. The fourth-order valence-electron chi connectivity index (χ4n) is 4.11. The first kappa shape index (κ1) is 25.6. The predicted molar refractivity (Wildman–Crippen MR) is 134 cm³/mol. The Morgan fingerprint density at radius 1 is 1.14 bits per heavy atom. The fraction of sp³-hybridized carbons (Fsp3) is 0.320. The molecule has 0 unspecified atom stereocenters. The number of anilines is 2. The van der Waals surface area contributed by atoms with Crippen LogP contribution in [-0.2, 0) is 15.7 Å². The van der Waals surface area contributed by atoms with Crippen LogP contribution < -0.4 is 10.6 Å². The Kier molecular flexibility index (Phi) is 7.58. The first-order chi connectivity index (χ1) is 17.2. The van der Waals surface area contributed by atoms with Crippen molar-refractivity contribution in [3.05, 3.63) is 70.9 Å². The van der Waals surface area contributed by atoms with Gasteiger partial charge in [-0.15, -0.1) is 0 Å². The molecule has 11 heteroatoms. The Bertz CT molecular complexity index is 1210. The molecule has 1 atom stereocenters. The van der Waals surface area contributed by atoms with Crippen molar-refractivity contribution in [1.82, 2.24) is 4.90 Å². The second-order valence-electron chi connectivity index (χ2n) is 8.19. The van der Waals surface area contributed by atoms with E-state index in [1.165, 1.54) is 12.1 Å². The highest BCUT2D eigenvalue weighted by atomic mass is 32.2. The van der Waals surface area contributed by atoms with Crippen LogP contribution in [0.15, 0.2) is 64.8 Å². The SMILES string of the molecule is CCOC(=O)C1=C(C)N=C2SCCCN2[C@H]1c1cccc(NC(=O)Nc2ccc(C(F)(F)F)cc2)c1. The van der Waals surface area contributed by atoms with E-state index in [4.69, 9.17) is 4.74 Å². The van der Waals surface area contributed by atoms with Crippen LogP contribution in [0.1, 0.15) is 37.4 Å². The van der Waals surface area contributed by atoms with Crippen molar-refractivity contribution in [2.45, 2.75) is 32.5 Å². The van der Waals surface area contributed by atoms with Gasteiger partial charge in [0.25, 0.3) is 0 Å². The lowest BCUT2D eigenvalue weighted by atomic mass is 9.94. The molecule has 0 bridgehead atoms. The highest BCUT2D eigenvalue weighted by Crippen LogP contribution is 2.40. The standard InChI is InChI=1S/C25H25F3N4O3S/c1-3-35-22(33)20-15(2)29-24-32(12-5-13-36-24)21(20)16-6-4-7-19(14-16)31-23(34)30-18-10-8-17(9-11-18)25(26,27)28/h4,6-11,14,21H,3,5,12-13H2,1-2H3,(H2,30,31,34)/t21-/m0/s1. The molecule has 2 aliphatic rings. The summed E-state index contributed by atoms with van der Waals surface area (Å²) >= 11 is 1.63. The van der Waals surface area contributed by atoms with E-state index in [2.05, 4.69) is 20.5 Å². The Morgan fingerprint density at radius 2 is 1.86 bits per heavy atom. The van der Waals surface area contributed by atoms with Gasteiger partial charge in [0, 0.05) is 23.7 Å². The number of thioether (sulfide) groups is 1. The van der Waals surface area contributed by atoms with Crippen molar-refractivity contribution in [3.8, 4) is 0 Å². The van der Waals surface area contributed by atoms with Gasteiger partial charge in [-0.05, 0) is 62.2 Å². The number of hydrogen-bond donors (Lipinski definition) is 2. The number of amides is 2. The number of nitrogens with one attached hydrogen (secondary N) is 2. The zero-order chi connectivity index (χ0) is 25.9. The number of benzene rings is 2. The molecule has 0 aromatic heterocycles. The Morgan fingerprint density at radius 3 is 2.56 bits per heavy atom. The number of carbonyl (C=O) groups excluding carboxylic acids is 2. The summed E-state index contributed by atoms with van der Waals surface area (Å²) in [5.74, 6) is 0.507. The second-order valence-corrected chi connectivity index (χ2v) is 9.25. The monoisotopic (exact) mass is 518 g/mol. The highest BCUT2D eigenvalue weighted by Gasteiger charge is 2.38. The Labute approximate surface area is 210 Å². The van der Waals surface area contributed by atoms with Gasteiger partial charge < -0.3 is 20.3 Å². The van der Waals surface area contributed by atoms with E-state index < -0.39 is 29.8 Å². The van der Waals surface area contributed by atoms with Crippen LogP contribution in [0.25, 0.3) is 0 Å². The van der Waals surface area contributed by atoms with E-state index in [1.807, 2.05) is 6.07 Å². The Balaban J connectivity index is 1.56. The van der Waals surface area contributed by atoms with Crippen molar-refractivity contribution in [3.63, 3.8) is 0 Å². The lowest BCUT2D eigenvalue weighted by Crippen LogP contribution is -2.42. The van der Waals surface area contributed by atoms with Crippen LogP contribution in [0.5, 0.6) is 0 Å². The van der Waals surface area contributed by atoms with Gasteiger partial charge in [0.2, 0.25) is 0 Å². The average molecular weight is 519 g/mol. The third kappa shape index (κ3) is 5.67. The molecule has 190 valence electrons. The third-order valence-corrected chi connectivity index (χ3v) is 6.76. The van der Waals surface area contributed by atoms with Crippen molar-refractivity contribution >= 4 is 40.3 Å². The van der Waals surface area contributed by atoms with Crippen LogP contribution in [0.2, 0.25) is 0 Å². The molecule has 2 N–H and O–H groups in total. The molecule has 0 radical (unpaired) electrons. The molecule has 1 fully saturated rings. The lowest BCUT2D eigenvalue weighted by Gasteiger charge is -2.40. The first-order valence-corrected chi connectivity index (χ1v) is 12.4. The number of aliphatic imine (C=N–C) groups is 1. The van der Waals surface area contributed by atoms with Gasteiger partial charge in [0.1, 0.15) is 0 Å². The number of nitrogens with zero attached hydrogens (tertiary/aromatic N) is 2. The van der Waals surface area contributed by atoms with Gasteiger partial charge in [0.05, 0.1) is 29.5 Å². The van der Waals surface area contributed by atoms with Gasteiger partial charge in [-0.1, -0.05) is 23.9 Å². The van der Waals surface area contributed by atoms with Crippen molar-refractivity contribution in [1.29, 1.82) is 0 Å². The molecular formula is C25H25F3N4O3S. The molecule has 4 rings (SSSR count). The third-order valence-electron chi connectivity index (χ3n) is 5.68. The van der Waals surface area contributed by atoms with Crippen molar-refractivity contribution in [2.24, 2.45) is 4.99 Å². The van der Waals surface area contributed by atoms with Crippen molar-refractivity contribution < 1.29 is 27.5 Å². The van der Waals surface area contributed by atoms with E-state index in [1.54, 1.807) is 43.8 Å². The molecule has 0 aliphatic carbocycles. The van der Waals surface area contributed by atoms with E-state index >= 15 is 0 Å². The number of alkyl halides is 3. The molecule has 7 nitrogen and oxygen atoms in total. The van der Waals surface area contributed by atoms with E-state index in [0.29, 0.717) is 17.0 Å². The summed E-state index contributed by atoms with van der Waals surface area (Å²) in [5.41, 5.74) is 1.71. The summed E-state index contributed by atoms with van der Waals surface area (Å²) in [4.78, 5) is 32.1. The predicted octanol–water partition coefficient (Wildman–Crippen LogP) is 6.04. The molecule has 2 aliphatic heterocycles. The summed E-state index contributed by atoms with van der Waals surface area (Å²) in [5, 5.41) is 6.08. The van der Waals surface area contributed by atoms with Gasteiger partial charge in [0.15, 0.2) is 5.17 Å². The van der Waals surface area contributed by atoms with Gasteiger partial charge in [-0.2, -0.15) is 13.2 Å². The van der Waals surface area contributed by atoms with Gasteiger partial charge in [-0.3, -0.25) is 0 Å². The van der Waals surface area contributed by atoms with Gasteiger partial charge >= 0.3 is 18.2 Å². The molecule has 2 heterocycles. The highest BCUT2D eigenvalue weighted by molar-refractivity contribution is 8.13. The molecule has 0 saturated carbocycles. The maximum Gasteiger partial charge on any atom is 0.416 e. The van der Waals surface area contributed by atoms with Gasteiger partial charge in [-0.25, -0.2) is 14.6 Å². The number of fused-ring (bicyclic) bond motifs is 1. The Hall–Kier alpha value is -3.47. The van der Waals surface area contributed by atoms with Crippen LogP contribution in [-0.4, -0.2) is 41.0 Å². The number of ether oxygens (including phenoxy) is 1. The summed E-state index contributed by atoms with van der Waals surface area (Å²) in [6, 6.07) is 10.3. The molecule has 1 saturated heterocycles. The fourth-order valence-corrected chi connectivity index (χ4v) is 5.13. The van der Waals surface area contributed by atoms with E-state index in [9.17, 15) is 22.8 Å². The molecular weight excluding hydrogens is 493 g/mol. The maximum atomic E-state index is 12.9. The summed E-state index contributed by atoms with van der Waals surface area (Å²) in [6.45, 7) is 4.49. The zero-order valence-corrected chi connectivity index (χ0v) is 20.5. The molecule has 2 aromatic rings. The number of halogens is 3. The van der Waals surface area contributed by atoms with Crippen LogP contribution in [0.4, 0.5) is 29.3 Å². The summed E-state index contributed by atoms with van der Waals surface area (Å²) in [6.07, 6.45) is -3.52. The normalized spacial score (nSPS) is 17.8. The summed E-state index contributed by atoms with van der Waals surface area (Å²) < 4.78 is 43.6. The number of amidine groups is 1. The number of esters is 1. The largest absolute Gasteiger partial charge is 0.463 e. The minimum absolute atomic E-state index is 0.221. The molecule has 0 spiro atoms. The number of carbonyl (C=O) groups is 2. The maximum absolute atomic E-state index is 12.9. The van der Waals surface area contributed by atoms with Crippen LogP contribution in [0.3, 0.4) is 0 Å². The van der Waals surface area contributed by atoms with Crippen LogP contribution in [0, 0.1) is 0 Å². The van der Waals surface area contributed by atoms with E-state index in [-0.39, 0.29) is 12.3 Å². The minimum atomic E-state index is -4.45. The molecule has 36 heavy (non-hydrogen) atoms. The lowest BCUT2D eigenvalue weighted by molar-refractivity contribution is -0.139. The summed E-state index contributed by atoms with van der Waals surface area (Å²) in [7, 11) is 0. The zero-order valence-electron chi connectivity index (χ0n) is 19.7. The second kappa shape index (κ2) is 10.7. The average Bonchev–Trinajstić information content (AvgIpc) is 2.83. The van der Waals surface area contributed by atoms with Crippen LogP contribution >= 0.6 is 11.8 Å². The van der Waals surface area contributed by atoms with E-state index in [0.717, 1.165) is 41.6 Å². The molecule has 2 amide bonds. The topological polar surface area (TPSA) is 83.0 Å². The van der Waals surface area contributed by atoms with Crippen molar-refractivity contribution in [2.75, 3.05) is 29.5 Å². The minimum Gasteiger partial charge on any atom is -0.463 e. The molecule has 2 aromatic carbocycles. The number of urea groups is 1.